The molecule has 6 nitrogen and oxygen atoms in total. The molecule has 2 aliphatic rings. The van der Waals surface area contributed by atoms with Crippen LogP contribution in [0.15, 0.2) is 52.1 Å². The summed E-state index contributed by atoms with van der Waals surface area (Å²) in [5.74, 6) is 1.95. The third kappa shape index (κ3) is 3.13. The summed E-state index contributed by atoms with van der Waals surface area (Å²) in [5.41, 5.74) is 0.936. The van der Waals surface area contributed by atoms with E-state index in [0.29, 0.717) is 47.5 Å². The van der Waals surface area contributed by atoms with Crippen LogP contribution in [0.4, 0.5) is 4.39 Å². The molecule has 156 valence electrons. The maximum absolute atomic E-state index is 13.2. The summed E-state index contributed by atoms with van der Waals surface area (Å²) < 4.78 is 19.7. The first kappa shape index (κ1) is 19.1. The predicted molar refractivity (Wildman–Crippen MR) is 113 cm³/mol. The van der Waals surface area contributed by atoms with Crippen LogP contribution in [0.2, 0.25) is 0 Å². The Balaban J connectivity index is 1.30. The van der Waals surface area contributed by atoms with Crippen LogP contribution in [0.5, 0.6) is 5.75 Å². The zero-order chi connectivity index (χ0) is 20.8. The number of halogens is 1. The van der Waals surface area contributed by atoms with Crippen LogP contribution in [0, 0.1) is 17.7 Å². The van der Waals surface area contributed by atoms with Crippen molar-refractivity contribution >= 4 is 10.9 Å². The first-order valence-corrected chi connectivity index (χ1v) is 10.3. The highest BCUT2D eigenvalue weighted by molar-refractivity contribution is 5.83. The highest BCUT2D eigenvalue weighted by Crippen LogP contribution is 2.51. The zero-order valence-electron chi connectivity index (χ0n) is 16.8. The fraction of sp³-hybridized carbons (Fsp3) is 0.391. The molecule has 2 heterocycles. The normalized spacial score (nSPS) is 23.3. The second kappa shape index (κ2) is 7.40. The molecule has 30 heavy (non-hydrogen) atoms. The van der Waals surface area contributed by atoms with Crippen molar-refractivity contribution in [2.75, 3.05) is 26.7 Å². The van der Waals surface area contributed by atoms with Gasteiger partial charge in [0.2, 0.25) is 0 Å². The van der Waals surface area contributed by atoms with E-state index < -0.39 is 5.69 Å². The lowest BCUT2D eigenvalue weighted by atomic mass is 9.64. The molecular formula is C23H24FN3O3. The minimum Gasteiger partial charge on any atom is -0.495 e. The van der Waals surface area contributed by atoms with Crippen molar-refractivity contribution in [2.45, 2.75) is 18.9 Å². The van der Waals surface area contributed by atoms with Crippen LogP contribution in [0.1, 0.15) is 17.9 Å². The number of hydrogen-bond donors (Lipinski definition) is 1. The van der Waals surface area contributed by atoms with Crippen LogP contribution >= 0.6 is 0 Å². The number of ether oxygens (including phenoxy) is 1. The van der Waals surface area contributed by atoms with E-state index in [4.69, 9.17) is 4.74 Å². The third-order valence-corrected chi connectivity index (χ3v) is 6.78. The molecule has 1 aliphatic heterocycles. The van der Waals surface area contributed by atoms with Crippen molar-refractivity contribution in [3.05, 3.63) is 74.7 Å². The van der Waals surface area contributed by atoms with Gasteiger partial charge in [-0.2, -0.15) is 0 Å². The number of aromatic nitrogens is 2. The maximum Gasteiger partial charge on any atom is 0.328 e. The van der Waals surface area contributed by atoms with Gasteiger partial charge in [0.25, 0.3) is 5.56 Å². The number of para-hydroxylation sites is 1. The van der Waals surface area contributed by atoms with Gasteiger partial charge in [0, 0.05) is 26.2 Å². The number of likely N-dealkylation sites (tertiary alicyclic amines) is 1. The largest absolute Gasteiger partial charge is 0.495 e. The Morgan fingerprint density at radius 3 is 2.67 bits per heavy atom. The van der Waals surface area contributed by atoms with Gasteiger partial charge in [-0.05, 0) is 54.0 Å². The monoisotopic (exact) mass is 409 g/mol. The van der Waals surface area contributed by atoms with E-state index in [9.17, 15) is 14.0 Å². The maximum atomic E-state index is 13.2. The Morgan fingerprint density at radius 2 is 1.90 bits per heavy atom. The van der Waals surface area contributed by atoms with Gasteiger partial charge in [0.15, 0.2) is 0 Å². The first-order chi connectivity index (χ1) is 14.5. The van der Waals surface area contributed by atoms with Crippen molar-refractivity contribution in [3.8, 4) is 5.75 Å². The second-order valence-electron chi connectivity index (χ2n) is 8.35. The number of rotatable bonds is 5. The van der Waals surface area contributed by atoms with Crippen LogP contribution in [-0.4, -0.2) is 41.2 Å². The van der Waals surface area contributed by atoms with Gasteiger partial charge >= 0.3 is 5.69 Å². The number of methoxy groups -OCH3 is 1. The standard InChI is InChI=1S/C23H24FN3O3/c1-30-20-4-2-3-17-21(20)25-23(29)27(22(17)28)10-9-26-12-15-11-18(19(15)13-26)14-5-7-16(24)8-6-14/h2-8,15,18-19H,9-13H2,1H3,(H,25,29). The van der Waals surface area contributed by atoms with E-state index >= 15 is 0 Å². The molecule has 0 amide bonds. The quantitative estimate of drug-likeness (QED) is 0.703. The van der Waals surface area contributed by atoms with Crippen molar-refractivity contribution in [3.63, 3.8) is 0 Å². The predicted octanol–water partition coefficient (Wildman–Crippen LogP) is 2.57. The smallest absolute Gasteiger partial charge is 0.328 e. The molecule has 1 aromatic heterocycles. The lowest BCUT2D eigenvalue weighted by molar-refractivity contribution is 0.191. The molecule has 1 N–H and O–H groups in total. The molecule has 3 atom stereocenters. The van der Waals surface area contributed by atoms with E-state index in [1.165, 1.54) is 29.4 Å². The fourth-order valence-corrected chi connectivity index (χ4v) is 5.14. The van der Waals surface area contributed by atoms with Crippen molar-refractivity contribution in [1.29, 1.82) is 0 Å². The van der Waals surface area contributed by atoms with Gasteiger partial charge in [-0.3, -0.25) is 9.36 Å². The van der Waals surface area contributed by atoms with E-state index in [0.717, 1.165) is 19.5 Å². The van der Waals surface area contributed by atoms with Gasteiger partial charge in [0.1, 0.15) is 11.6 Å². The molecule has 3 aromatic rings. The van der Waals surface area contributed by atoms with Crippen LogP contribution in [-0.2, 0) is 6.54 Å². The molecule has 2 aromatic carbocycles. The molecule has 1 aliphatic carbocycles. The average Bonchev–Trinajstić information content (AvgIpc) is 3.05. The molecule has 0 bridgehead atoms. The van der Waals surface area contributed by atoms with E-state index in [1.807, 2.05) is 12.1 Å². The summed E-state index contributed by atoms with van der Waals surface area (Å²) in [5, 5.41) is 0.451. The molecule has 3 unspecified atom stereocenters. The van der Waals surface area contributed by atoms with Crippen molar-refractivity contribution in [1.82, 2.24) is 14.5 Å². The molecule has 0 radical (unpaired) electrons. The SMILES string of the molecule is COc1cccc2c(=O)n(CCN3CC4CC(c5ccc(F)cc5)C4C3)c(=O)[nH]c12. The summed E-state index contributed by atoms with van der Waals surface area (Å²) in [6.45, 7) is 2.93. The summed E-state index contributed by atoms with van der Waals surface area (Å²) in [7, 11) is 1.51. The van der Waals surface area contributed by atoms with Gasteiger partial charge in [0.05, 0.1) is 18.0 Å². The number of H-pyrrole nitrogens is 1. The summed E-state index contributed by atoms with van der Waals surface area (Å²) in [6, 6.07) is 12.0. The molecule has 1 saturated heterocycles. The van der Waals surface area contributed by atoms with Crippen molar-refractivity contribution in [2.24, 2.45) is 11.8 Å². The molecule has 1 saturated carbocycles. The fourth-order valence-electron chi connectivity index (χ4n) is 5.14. The molecular weight excluding hydrogens is 385 g/mol. The van der Waals surface area contributed by atoms with Crippen LogP contribution < -0.4 is 16.0 Å². The summed E-state index contributed by atoms with van der Waals surface area (Å²) in [6.07, 6.45) is 1.11. The van der Waals surface area contributed by atoms with E-state index in [-0.39, 0.29) is 11.4 Å². The highest BCUT2D eigenvalue weighted by atomic mass is 19.1. The number of nitrogens with one attached hydrogen (secondary N) is 1. The van der Waals surface area contributed by atoms with Gasteiger partial charge < -0.3 is 14.6 Å². The Bertz CT molecular complexity index is 1200. The summed E-state index contributed by atoms with van der Waals surface area (Å²) in [4.78, 5) is 30.5. The lowest BCUT2D eigenvalue weighted by Gasteiger charge is -2.40. The van der Waals surface area contributed by atoms with Gasteiger partial charge in [-0.25, -0.2) is 9.18 Å². The van der Waals surface area contributed by atoms with Gasteiger partial charge in [-0.1, -0.05) is 18.2 Å². The average molecular weight is 409 g/mol. The van der Waals surface area contributed by atoms with E-state index in [1.54, 1.807) is 18.2 Å². The van der Waals surface area contributed by atoms with Crippen molar-refractivity contribution < 1.29 is 9.13 Å². The highest BCUT2D eigenvalue weighted by Gasteiger charge is 2.47. The third-order valence-electron chi connectivity index (χ3n) is 6.78. The van der Waals surface area contributed by atoms with Crippen LogP contribution in [0.3, 0.4) is 0 Å². The minimum atomic E-state index is -0.414. The molecule has 7 heteroatoms. The zero-order valence-corrected chi connectivity index (χ0v) is 16.8. The number of benzene rings is 2. The second-order valence-corrected chi connectivity index (χ2v) is 8.35. The topological polar surface area (TPSA) is 67.3 Å². The number of aromatic amines is 1. The Labute approximate surface area is 172 Å². The minimum absolute atomic E-state index is 0.202. The molecule has 2 fully saturated rings. The first-order valence-electron chi connectivity index (χ1n) is 10.3. The number of nitrogens with zero attached hydrogens (tertiary/aromatic N) is 2. The van der Waals surface area contributed by atoms with Gasteiger partial charge in [-0.15, -0.1) is 0 Å². The number of fused-ring (bicyclic) bond motifs is 2. The summed E-state index contributed by atoms with van der Waals surface area (Å²) >= 11 is 0. The Morgan fingerprint density at radius 1 is 1.10 bits per heavy atom. The Kier molecular flexibility index (Phi) is 4.70. The Hall–Kier alpha value is -2.93. The van der Waals surface area contributed by atoms with E-state index in [2.05, 4.69) is 9.88 Å². The molecule has 5 rings (SSSR count). The molecule has 0 spiro atoms. The number of hydrogen-bond acceptors (Lipinski definition) is 4. The lowest BCUT2D eigenvalue weighted by Crippen LogP contribution is -2.38. The van der Waals surface area contributed by atoms with Crippen LogP contribution in [0.25, 0.3) is 10.9 Å².